The number of ether oxygens (including phenoxy) is 1. The summed E-state index contributed by atoms with van der Waals surface area (Å²) in [7, 11) is 0. The van der Waals surface area contributed by atoms with Crippen molar-refractivity contribution in [2.45, 2.75) is 6.92 Å². The van der Waals surface area contributed by atoms with Crippen molar-refractivity contribution in [2.75, 3.05) is 0 Å². The number of rotatable bonds is 2. The molecule has 0 fully saturated rings. The zero-order valence-electron chi connectivity index (χ0n) is 12.9. The first-order valence-corrected chi connectivity index (χ1v) is 7.90. The van der Waals surface area contributed by atoms with Crippen LogP contribution in [0.2, 0.25) is 5.02 Å². The molecule has 1 heterocycles. The number of hydrogen-bond acceptors (Lipinski definition) is 3. The number of halogens is 1. The van der Waals surface area contributed by atoms with E-state index in [4.69, 9.17) is 20.8 Å². The van der Waals surface area contributed by atoms with Gasteiger partial charge in [-0.05, 0) is 35.9 Å². The quantitative estimate of drug-likeness (QED) is 0.345. The number of aryl methyl sites for hydroxylation is 1. The third kappa shape index (κ3) is 2.43. The van der Waals surface area contributed by atoms with Crippen molar-refractivity contribution in [3.63, 3.8) is 0 Å². The highest BCUT2D eigenvalue weighted by molar-refractivity contribution is 6.35. The van der Waals surface area contributed by atoms with Gasteiger partial charge in [-0.2, -0.15) is 0 Å². The summed E-state index contributed by atoms with van der Waals surface area (Å²) in [6.45, 7) is 1.82. The van der Waals surface area contributed by atoms with Crippen molar-refractivity contribution in [1.29, 1.82) is 0 Å². The molecule has 3 aromatic carbocycles. The molecule has 0 atom stereocenters. The largest absolute Gasteiger partial charge is 0.447 e. The Bertz CT molecular complexity index is 1080. The first-order chi connectivity index (χ1) is 11.6. The summed E-state index contributed by atoms with van der Waals surface area (Å²) < 4.78 is 11.1. The van der Waals surface area contributed by atoms with Crippen LogP contribution in [-0.4, -0.2) is 5.97 Å². The van der Waals surface area contributed by atoms with Crippen LogP contribution < -0.4 is 4.74 Å². The number of benzene rings is 3. The van der Waals surface area contributed by atoms with Crippen LogP contribution in [0.1, 0.15) is 16.1 Å². The summed E-state index contributed by atoms with van der Waals surface area (Å²) >= 11 is 6.13. The molecule has 0 aliphatic heterocycles. The van der Waals surface area contributed by atoms with Gasteiger partial charge in [0.1, 0.15) is 5.75 Å². The zero-order valence-corrected chi connectivity index (χ0v) is 13.6. The van der Waals surface area contributed by atoms with Gasteiger partial charge in [0.05, 0.1) is 5.02 Å². The van der Waals surface area contributed by atoms with Gasteiger partial charge in [0.15, 0.2) is 5.58 Å². The van der Waals surface area contributed by atoms with Crippen LogP contribution in [0.15, 0.2) is 65.1 Å². The van der Waals surface area contributed by atoms with Gasteiger partial charge < -0.3 is 9.15 Å². The van der Waals surface area contributed by atoms with Crippen molar-refractivity contribution < 1.29 is 13.9 Å². The van der Waals surface area contributed by atoms with Gasteiger partial charge >= 0.3 is 5.97 Å². The van der Waals surface area contributed by atoms with Gasteiger partial charge in [-0.25, -0.2) is 4.79 Å². The molecule has 4 heteroatoms. The highest BCUT2D eigenvalue weighted by Gasteiger charge is 2.21. The molecule has 0 saturated heterocycles. The van der Waals surface area contributed by atoms with Crippen LogP contribution in [0.3, 0.4) is 0 Å². The van der Waals surface area contributed by atoms with Crippen molar-refractivity contribution in [1.82, 2.24) is 0 Å². The minimum atomic E-state index is -0.532. The molecule has 0 bridgehead atoms. The van der Waals surface area contributed by atoms with E-state index in [1.54, 1.807) is 12.1 Å². The summed E-state index contributed by atoms with van der Waals surface area (Å²) in [5.41, 5.74) is 1.22. The first-order valence-electron chi connectivity index (χ1n) is 7.52. The number of hydrogen-bond donors (Lipinski definition) is 0. The second-order valence-corrected chi connectivity index (χ2v) is 5.98. The lowest BCUT2D eigenvalue weighted by Crippen LogP contribution is -2.08. The van der Waals surface area contributed by atoms with Crippen molar-refractivity contribution in [2.24, 2.45) is 0 Å². The number of esters is 1. The van der Waals surface area contributed by atoms with E-state index in [1.165, 1.54) is 0 Å². The smallest absolute Gasteiger partial charge is 0.379 e. The first kappa shape index (κ1) is 14.8. The predicted octanol–water partition coefficient (Wildman–Crippen LogP) is 5.77. The summed E-state index contributed by atoms with van der Waals surface area (Å²) in [5, 5.41) is 3.38. The molecule has 0 amide bonds. The number of furan rings is 1. The van der Waals surface area contributed by atoms with Gasteiger partial charge in [0, 0.05) is 10.9 Å². The number of carbonyl (C=O) groups is 1. The van der Waals surface area contributed by atoms with Crippen LogP contribution in [-0.2, 0) is 0 Å². The lowest BCUT2D eigenvalue weighted by molar-refractivity contribution is 0.0703. The van der Waals surface area contributed by atoms with Crippen molar-refractivity contribution >= 4 is 39.3 Å². The van der Waals surface area contributed by atoms with Gasteiger partial charge in [0.25, 0.3) is 0 Å². The SMILES string of the molecule is Cc1c(C(=O)Oc2ccc3ccccc3c2)oc2c(Cl)cccc12. The van der Waals surface area contributed by atoms with E-state index in [2.05, 4.69) is 0 Å². The van der Waals surface area contributed by atoms with E-state index in [0.717, 1.165) is 21.7 Å². The average molecular weight is 337 g/mol. The van der Waals surface area contributed by atoms with Gasteiger partial charge in [0.2, 0.25) is 5.76 Å². The Hall–Kier alpha value is -2.78. The fourth-order valence-corrected chi connectivity index (χ4v) is 3.00. The Labute approximate surface area is 143 Å². The van der Waals surface area contributed by atoms with E-state index < -0.39 is 5.97 Å². The van der Waals surface area contributed by atoms with Crippen molar-refractivity contribution in [3.8, 4) is 5.75 Å². The van der Waals surface area contributed by atoms with E-state index >= 15 is 0 Å². The second-order valence-electron chi connectivity index (χ2n) is 5.57. The zero-order chi connectivity index (χ0) is 16.7. The molecule has 0 radical (unpaired) electrons. The second kappa shape index (κ2) is 5.69. The highest BCUT2D eigenvalue weighted by Crippen LogP contribution is 2.31. The van der Waals surface area contributed by atoms with E-state index in [9.17, 15) is 4.79 Å². The van der Waals surface area contributed by atoms with Gasteiger partial charge in [-0.3, -0.25) is 0 Å². The van der Waals surface area contributed by atoms with Crippen molar-refractivity contribution in [3.05, 3.63) is 77.0 Å². The fourth-order valence-electron chi connectivity index (χ4n) is 2.79. The standard InChI is InChI=1S/C20H13ClO3/c1-12-16-7-4-8-17(21)19(16)24-18(12)20(22)23-15-10-9-13-5-2-3-6-14(13)11-15/h2-11H,1H3. The predicted molar refractivity (Wildman–Crippen MR) is 94.9 cm³/mol. The van der Waals surface area contributed by atoms with Gasteiger partial charge in [-0.1, -0.05) is 54.1 Å². The number of para-hydroxylation sites is 1. The molecule has 1 aromatic heterocycles. The lowest BCUT2D eigenvalue weighted by Gasteiger charge is -2.04. The molecule has 4 aromatic rings. The molecular formula is C20H13ClO3. The Morgan fingerprint density at radius 1 is 1.00 bits per heavy atom. The maximum Gasteiger partial charge on any atom is 0.379 e. The van der Waals surface area contributed by atoms with Crippen LogP contribution in [0.4, 0.5) is 0 Å². The van der Waals surface area contributed by atoms with Crippen LogP contribution in [0, 0.1) is 6.92 Å². The molecule has 0 aliphatic rings. The lowest BCUT2D eigenvalue weighted by atomic mass is 10.1. The molecule has 4 rings (SSSR count). The molecule has 3 nitrogen and oxygen atoms in total. The minimum Gasteiger partial charge on any atom is -0.447 e. The monoisotopic (exact) mass is 336 g/mol. The highest BCUT2D eigenvalue weighted by atomic mass is 35.5. The van der Waals surface area contributed by atoms with Crippen LogP contribution in [0.25, 0.3) is 21.7 Å². The molecular weight excluding hydrogens is 324 g/mol. The Balaban J connectivity index is 1.70. The van der Waals surface area contributed by atoms with Crippen LogP contribution in [0.5, 0.6) is 5.75 Å². The summed E-state index contributed by atoms with van der Waals surface area (Å²) in [6.07, 6.45) is 0. The number of fused-ring (bicyclic) bond motifs is 2. The summed E-state index contributed by atoms with van der Waals surface area (Å²) in [6, 6.07) is 18.8. The third-order valence-corrected chi connectivity index (χ3v) is 4.33. The Kier molecular flexibility index (Phi) is 3.51. The molecule has 0 spiro atoms. The van der Waals surface area contributed by atoms with Gasteiger partial charge in [-0.15, -0.1) is 0 Å². The summed E-state index contributed by atoms with van der Waals surface area (Å²) in [5.74, 6) is 0.117. The summed E-state index contributed by atoms with van der Waals surface area (Å²) in [4.78, 5) is 12.5. The molecule has 24 heavy (non-hydrogen) atoms. The normalized spacial score (nSPS) is 11.1. The maximum absolute atomic E-state index is 12.5. The fraction of sp³-hybridized carbons (Fsp3) is 0.0500. The minimum absolute atomic E-state index is 0.172. The molecule has 0 N–H and O–H groups in total. The Morgan fingerprint density at radius 2 is 1.79 bits per heavy atom. The van der Waals surface area contributed by atoms with E-state index in [0.29, 0.717) is 16.4 Å². The van der Waals surface area contributed by atoms with E-state index in [1.807, 2.05) is 55.5 Å². The third-order valence-electron chi connectivity index (χ3n) is 4.03. The topological polar surface area (TPSA) is 39.4 Å². The van der Waals surface area contributed by atoms with E-state index in [-0.39, 0.29) is 5.76 Å². The maximum atomic E-state index is 12.5. The molecule has 0 unspecified atom stereocenters. The molecule has 118 valence electrons. The number of carbonyl (C=O) groups excluding carboxylic acids is 1. The molecule has 0 saturated carbocycles. The average Bonchev–Trinajstić information content (AvgIpc) is 2.93. The molecule has 0 aliphatic carbocycles. The Morgan fingerprint density at radius 3 is 2.58 bits per heavy atom. The van der Waals surface area contributed by atoms with Crippen LogP contribution >= 0.6 is 11.6 Å².